The molecule has 0 radical (unpaired) electrons. The van der Waals surface area contributed by atoms with Crippen molar-refractivity contribution in [3.8, 4) is 0 Å². The summed E-state index contributed by atoms with van der Waals surface area (Å²) in [6.45, 7) is 5.04. The van der Waals surface area contributed by atoms with Crippen LogP contribution in [0.4, 0.5) is 0 Å². The van der Waals surface area contributed by atoms with E-state index >= 15 is 0 Å². The SMILES string of the molecule is CCCCC(CC)CNC(=O)C(Cl)CCl. The summed E-state index contributed by atoms with van der Waals surface area (Å²) in [5.41, 5.74) is 0. The molecule has 0 saturated heterocycles. The van der Waals surface area contributed by atoms with Crippen LogP contribution >= 0.6 is 23.2 Å². The van der Waals surface area contributed by atoms with Gasteiger partial charge < -0.3 is 5.32 Å². The topological polar surface area (TPSA) is 29.1 Å². The van der Waals surface area contributed by atoms with Crippen LogP contribution in [0.5, 0.6) is 0 Å². The maximum absolute atomic E-state index is 11.3. The van der Waals surface area contributed by atoms with E-state index in [1.165, 1.54) is 19.3 Å². The number of rotatable bonds is 8. The van der Waals surface area contributed by atoms with Gasteiger partial charge in [0.15, 0.2) is 0 Å². The van der Waals surface area contributed by atoms with Crippen LogP contribution in [0.1, 0.15) is 39.5 Å². The summed E-state index contributed by atoms with van der Waals surface area (Å²) in [5, 5.41) is 2.24. The average Bonchev–Trinajstić information content (AvgIpc) is 2.27. The molecule has 0 aliphatic carbocycles. The zero-order valence-electron chi connectivity index (χ0n) is 9.56. The van der Waals surface area contributed by atoms with Gasteiger partial charge in [-0.2, -0.15) is 0 Å². The third kappa shape index (κ3) is 7.02. The van der Waals surface area contributed by atoms with Gasteiger partial charge in [0.1, 0.15) is 5.38 Å². The van der Waals surface area contributed by atoms with Crippen molar-refractivity contribution in [2.24, 2.45) is 5.92 Å². The molecule has 15 heavy (non-hydrogen) atoms. The summed E-state index contributed by atoms with van der Waals surface area (Å²) in [4.78, 5) is 11.3. The molecule has 0 bridgehead atoms. The van der Waals surface area contributed by atoms with Crippen molar-refractivity contribution in [1.82, 2.24) is 5.32 Å². The highest BCUT2D eigenvalue weighted by Gasteiger charge is 2.14. The number of hydrogen-bond acceptors (Lipinski definition) is 1. The third-order valence-corrected chi connectivity index (χ3v) is 3.35. The number of hydrogen-bond donors (Lipinski definition) is 1. The third-order valence-electron chi connectivity index (χ3n) is 2.53. The summed E-state index contributed by atoms with van der Waals surface area (Å²) < 4.78 is 0. The van der Waals surface area contributed by atoms with Crippen molar-refractivity contribution in [2.75, 3.05) is 12.4 Å². The lowest BCUT2D eigenvalue weighted by Crippen LogP contribution is -2.35. The Kier molecular flexibility index (Phi) is 9.32. The average molecular weight is 254 g/mol. The van der Waals surface area contributed by atoms with E-state index in [1.54, 1.807) is 0 Å². The van der Waals surface area contributed by atoms with E-state index in [9.17, 15) is 4.79 Å². The predicted octanol–water partition coefficient (Wildman–Crippen LogP) is 3.17. The first-order chi connectivity index (χ1) is 7.15. The van der Waals surface area contributed by atoms with Crippen LogP contribution in [0.15, 0.2) is 0 Å². The summed E-state index contributed by atoms with van der Waals surface area (Å²) >= 11 is 11.2. The van der Waals surface area contributed by atoms with E-state index in [4.69, 9.17) is 23.2 Å². The van der Waals surface area contributed by atoms with E-state index < -0.39 is 5.38 Å². The van der Waals surface area contributed by atoms with Crippen molar-refractivity contribution in [3.05, 3.63) is 0 Å². The molecule has 0 aromatic rings. The Bertz CT molecular complexity index is 176. The van der Waals surface area contributed by atoms with Gasteiger partial charge in [-0.05, 0) is 12.3 Å². The molecule has 0 fully saturated rings. The van der Waals surface area contributed by atoms with Gasteiger partial charge in [0.2, 0.25) is 5.91 Å². The Labute approximate surface area is 103 Å². The van der Waals surface area contributed by atoms with Gasteiger partial charge in [0, 0.05) is 12.4 Å². The monoisotopic (exact) mass is 253 g/mol. The molecule has 1 N–H and O–H groups in total. The number of halogens is 2. The molecule has 4 heteroatoms. The van der Waals surface area contributed by atoms with Crippen molar-refractivity contribution in [2.45, 2.75) is 44.9 Å². The Hall–Kier alpha value is 0.0500. The zero-order valence-corrected chi connectivity index (χ0v) is 11.1. The van der Waals surface area contributed by atoms with E-state index in [0.717, 1.165) is 13.0 Å². The lowest BCUT2D eigenvalue weighted by molar-refractivity contribution is -0.120. The van der Waals surface area contributed by atoms with Gasteiger partial charge in [0.25, 0.3) is 0 Å². The lowest BCUT2D eigenvalue weighted by atomic mass is 9.99. The van der Waals surface area contributed by atoms with Crippen LogP contribution in [0.25, 0.3) is 0 Å². The minimum atomic E-state index is -0.602. The first kappa shape index (κ1) is 15.0. The quantitative estimate of drug-likeness (QED) is 0.662. The lowest BCUT2D eigenvalue weighted by Gasteiger charge is -2.16. The number of amides is 1. The molecule has 1 amide bonds. The molecule has 0 aromatic heterocycles. The zero-order chi connectivity index (χ0) is 11.7. The summed E-state index contributed by atoms with van der Waals surface area (Å²) in [6, 6.07) is 0. The van der Waals surface area contributed by atoms with Crippen LogP contribution in [0, 0.1) is 5.92 Å². The first-order valence-corrected chi connectivity index (χ1v) is 6.60. The second kappa shape index (κ2) is 9.29. The van der Waals surface area contributed by atoms with Crippen LogP contribution in [0.3, 0.4) is 0 Å². The van der Waals surface area contributed by atoms with E-state index in [0.29, 0.717) is 5.92 Å². The predicted molar refractivity (Wildman–Crippen MR) is 66.7 cm³/mol. The van der Waals surface area contributed by atoms with Gasteiger partial charge in [0.05, 0.1) is 0 Å². The normalized spacial score (nSPS) is 14.7. The fourth-order valence-corrected chi connectivity index (χ4v) is 1.59. The molecule has 0 heterocycles. The standard InChI is InChI=1S/C11H21Cl2NO/c1-3-5-6-9(4-2)8-14-11(15)10(13)7-12/h9-10H,3-8H2,1-2H3,(H,14,15). The number of carbonyl (C=O) groups excluding carboxylic acids is 1. The van der Waals surface area contributed by atoms with E-state index in [2.05, 4.69) is 19.2 Å². The first-order valence-electron chi connectivity index (χ1n) is 5.63. The van der Waals surface area contributed by atoms with Crippen molar-refractivity contribution in [3.63, 3.8) is 0 Å². The molecule has 0 aliphatic rings. The highest BCUT2D eigenvalue weighted by molar-refractivity contribution is 6.36. The number of unbranched alkanes of at least 4 members (excludes halogenated alkanes) is 1. The molecule has 0 aromatic carbocycles. The second-order valence-electron chi connectivity index (χ2n) is 3.78. The van der Waals surface area contributed by atoms with Gasteiger partial charge in [-0.3, -0.25) is 4.79 Å². The molecule has 2 nitrogen and oxygen atoms in total. The Balaban J connectivity index is 3.74. The summed E-state index contributed by atoms with van der Waals surface area (Å²) in [5.74, 6) is 0.578. The molecule has 2 atom stereocenters. The molecular weight excluding hydrogens is 233 g/mol. The fourth-order valence-electron chi connectivity index (χ4n) is 1.37. The number of nitrogens with one attached hydrogen (secondary N) is 1. The van der Waals surface area contributed by atoms with E-state index in [1.807, 2.05) is 0 Å². The van der Waals surface area contributed by atoms with Crippen molar-refractivity contribution >= 4 is 29.1 Å². The smallest absolute Gasteiger partial charge is 0.239 e. The minimum absolute atomic E-state index is 0.151. The molecule has 0 aliphatic heterocycles. The Morgan fingerprint density at radius 2 is 2.07 bits per heavy atom. The molecule has 2 unspecified atom stereocenters. The Morgan fingerprint density at radius 3 is 2.53 bits per heavy atom. The largest absolute Gasteiger partial charge is 0.355 e. The van der Waals surface area contributed by atoms with Crippen molar-refractivity contribution < 1.29 is 4.79 Å². The number of alkyl halides is 2. The minimum Gasteiger partial charge on any atom is -0.355 e. The molecule has 90 valence electrons. The van der Waals surface area contributed by atoms with Gasteiger partial charge in [-0.15, -0.1) is 23.2 Å². The highest BCUT2D eigenvalue weighted by atomic mass is 35.5. The van der Waals surface area contributed by atoms with Gasteiger partial charge >= 0.3 is 0 Å². The Morgan fingerprint density at radius 1 is 1.40 bits per heavy atom. The van der Waals surface area contributed by atoms with Crippen molar-refractivity contribution in [1.29, 1.82) is 0 Å². The molecule has 0 saturated carbocycles. The van der Waals surface area contributed by atoms with Crippen LogP contribution in [0.2, 0.25) is 0 Å². The van der Waals surface area contributed by atoms with Gasteiger partial charge in [-0.1, -0.05) is 33.1 Å². The maximum atomic E-state index is 11.3. The van der Waals surface area contributed by atoms with Gasteiger partial charge in [-0.25, -0.2) is 0 Å². The number of carbonyl (C=O) groups is 1. The van der Waals surface area contributed by atoms with Crippen LogP contribution < -0.4 is 5.32 Å². The highest BCUT2D eigenvalue weighted by Crippen LogP contribution is 2.11. The maximum Gasteiger partial charge on any atom is 0.239 e. The molecule has 0 rings (SSSR count). The summed E-state index contributed by atoms with van der Waals surface area (Å²) in [7, 11) is 0. The summed E-state index contributed by atoms with van der Waals surface area (Å²) in [6.07, 6.45) is 4.67. The fraction of sp³-hybridized carbons (Fsp3) is 0.909. The molecule has 0 spiro atoms. The van der Waals surface area contributed by atoms with E-state index in [-0.39, 0.29) is 11.8 Å². The van der Waals surface area contributed by atoms with Crippen LogP contribution in [-0.4, -0.2) is 23.7 Å². The second-order valence-corrected chi connectivity index (χ2v) is 4.62. The molecular formula is C11H21Cl2NO. The van der Waals surface area contributed by atoms with Crippen LogP contribution in [-0.2, 0) is 4.79 Å².